The molecule has 0 aliphatic carbocycles. The second-order valence-electron chi connectivity index (χ2n) is 8.35. The fraction of sp³-hybridized carbons (Fsp3) is 0.261. The van der Waals surface area contributed by atoms with E-state index in [-0.39, 0.29) is 39.5 Å². The zero-order chi connectivity index (χ0) is 26.8. The summed E-state index contributed by atoms with van der Waals surface area (Å²) in [7, 11) is 0. The molecule has 0 spiro atoms. The van der Waals surface area contributed by atoms with E-state index in [1.165, 1.54) is 25.1 Å². The van der Waals surface area contributed by atoms with Crippen LogP contribution in [0.1, 0.15) is 43.2 Å². The number of hydrogen-bond donors (Lipinski definition) is 3. The Hall–Kier alpha value is -4.79. The number of hydrogen-bond acceptors (Lipinski definition) is 9. The third-order valence-electron chi connectivity index (χ3n) is 6.00. The van der Waals surface area contributed by atoms with Gasteiger partial charge in [0.05, 0.1) is 20.8 Å². The van der Waals surface area contributed by atoms with E-state index in [4.69, 9.17) is 16.7 Å². The second-order valence-corrected chi connectivity index (χ2v) is 8.35. The molecule has 35 heavy (non-hydrogen) atoms. The van der Waals surface area contributed by atoms with Crippen LogP contribution in [0, 0.1) is 45.4 Å². The summed E-state index contributed by atoms with van der Waals surface area (Å²) in [4.78, 5) is 46.2. The van der Waals surface area contributed by atoms with E-state index in [1.54, 1.807) is 26.8 Å². The number of Topliss-reactive ketones (excluding diaryl/α,β-unsaturated/α-hetero) is 1. The maximum Gasteiger partial charge on any atom is 0.293 e. The smallest absolute Gasteiger partial charge is 0.293 e. The lowest BCUT2D eigenvalue weighted by molar-refractivity contribution is -0.384. The standard InChI is InChI=1S/C12H13N3O3.C11H11N3O3/c1-7(16)12(2,3)9-4-5-10(15(17)18)11(14)8(9)6-13;1-5-6(2)13-11(15)9-7(5)3-4-8(10(9)12)14(16)17/h4-5H,14H2,1-3H3;3-4H,12H2,1-2H3,(H,13,15). The predicted octanol–water partition coefficient (Wildman–Crippen LogP) is 3.55. The summed E-state index contributed by atoms with van der Waals surface area (Å²) in [6.07, 6.45) is 0. The summed E-state index contributed by atoms with van der Waals surface area (Å²) in [6.45, 7) is 8.30. The summed E-state index contributed by atoms with van der Waals surface area (Å²) in [6, 6.07) is 7.35. The van der Waals surface area contributed by atoms with Gasteiger partial charge in [0.25, 0.3) is 16.9 Å². The number of ketones is 1. The van der Waals surface area contributed by atoms with Gasteiger partial charge in [0, 0.05) is 23.2 Å². The van der Waals surface area contributed by atoms with E-state index >= 15 is 0 Å². The van der Waals surface area contributed by atoms with Crippen molar-refractivity contribution in [1.29, 1.82) is 5.26 Å². The van der Waals surface area contributed by atoms with Gasteiger partial charge in [0.2, 0.25) is 0 Å². The zero-order valence-electron chi connectivity index (χ0n) is 19.8. The molecule has 3 aromatic rings. The number of nitriles is 1. The first-order chi connectivity index (χ1) is 16.2. The molecular formula is C23H24N6O6. The molecule has 5 N–H and O–H groups in total. The maximum atomic E-state index is 11.8. The monoisotopic (exact) mass is 480 g/mol. The number of nitro benzene ring substituents is 2. The number of aromatic amines is 1. The van der Waals surface area contributed by atoms with Gasteiger partial charge < -0.3 is 16.5 Å². The van der Waals surface area contributed by atoms with Crippen LogP contribution in [-0.2, 0) is 10.2 Å². The molecule has 0 unspecified atom stereocenters. The van der Waals surface area contributed by atoms with Crippen molar-refractivity contribution in [3.8, 4) is 6.07 Å². The lowest BCUT2D eigenvalue weighted by atomic mass is 9.78. The number of nitrogens with one attached hydrogen (secondary N) is 1. The number of nitro groups is 2. The van der Waals surface area contributed by atoms with Gasteiger partial charge >= 0.3 is 0 Å². The fourth-order valence-electron chi connectivity index (χ4n) is 3.45. The van der Waals surface area contributed by atoms with Crippen molar-refractivity contribution in [2.24, 2.45) is 0 Å². The van der Waals surface area contributed by atoms with Crippen molar-refractivity contribution in [3.63, 3.8) is 0 Å². The van der Waals surface area contributed by atoms with E-state index in [2.05, 4.69) is 4.98 Å². The van der Waals surface area contributed by atoms with Crippen LogP contribution in [0.5, 0.6) is 0 Å². The fourth-order valence-corrected chi connectivity index (χ4v) is 3.45. The molecule has 0 bridgehead atoms. The van der Waals surface area contributed by atoms with Gasteiger partial charge in [-0.3, -0.25) is 29.8 Å². The third kappa shape index (κ3) is 4.79. The first-order valence-corrected chi connectivity index (χ1v) is 10.2. The Labute approximate surface area is 199 Å². The van der Waals surface area contributed by atoms with Crippen LogP contribution in [0.2, 0.25) is 0 Å². The van der Waals surface area contributed by atoms with E-state index in [0.717, 1.165) is 11.3 Å². The van der Waals surface area contributed by atoms with Crippen molar-refractivity contribution in [2.45, 2.75) is 40.0 Å². The number of rotatable bonds is 4. The number of carbonyl (C=O) groups excluding carboxylic acids is 1. The molecule has 0 amide bonds. The summed E-state index contributed by atoms with van der Waals surface area (Å²) < 4.78 is 0. The molecule has 1 heterocycles. The van der Waals surface area contributed by atoms with E-state index in [1.807, 2.05) is 13.0 Å². The topological polar surface area (TPSA) is 212 Å². The average Bonchev–Trinajstić information content (AvgIpc) is 2.76. The molecule has 0 atom stereocenters. The molecule has 2 aromatic carbocycles. The van der Waals surface area contributed by atoms with Crippen molar-refractivity contribution in [3.05, 3.63) is 77.2 Å². The van der Waals surface area contributed by atoms with E-state index in [0.29, 0.717) is 10.9 Å². The first kappa shape index (κ1) is 26.5. The number of aryl methyl sites for hydroxylation is 2. The number of carbonyl (C=O) groups is 1. The van der Waals surface area contributed by atoms with Crippen LogP contribution in [0.3, 0.4) is 0 Å². The largest absolute Gasteiger partial charge is 0.392 e. The molecule has 0 saturated heterocycles. The minimum absolute atomic E-state index is 0.00981. The number of anilines is 2. The lowest BCUT2D eigenvalue weighted by Gasteiger charge is -2.23. The van der Waals surface area contributed by atoms with Gasteiger partial charge in [0.15, 0.2) is 0 Å². The molecule has 1 aromatic heterocycles. The molecule has 0 radical (unpaired) electrons. The van der Waals surface area contributed by atoms with Crippen LogP contribution in [-0.4, -0.2) is 20.6 Å². The van der Waals surface area contributed by atoms with Gasteiger partial charge in [0.1, 0.15) is 23.2 Å². The van der Waals surface area contributed by atoms with Gasteiger partial charge in [-0.2, -0.15) is 5.26 Å². The Morgan fingerprint density at radius 3 is 2.03 bits per heavy atom. The number of nitrogen functional groups attached to an aromatic ring is 2. The van der Waals surface area contributed by atoms with Gasteiger partial charge in [-0.25, -0.2) is 0 Å². The quantitative estimate of drug-likeness (QED) is 0.282. The van der Waals surface area contributed by atoms with Crippen molar-refractivity contribution >= 4 is 39.3 Å². The second kappa shape index (κ2) is 9.60. The molecule has 0 aliphatic rings. The molecule has 12 heteroatoms. The SMILES string of the molecule is CC(=O)C(C)(C)c1ccc([N+](=O)[O-])c(N)c1C#N.Cc1[nH]c(=O)c2c(N)c([N+](=O)[O-])ccc2c1C. The third-order valence-corrected chi connectivity index (χ3v) is 6.00. The van der Waals surface area contributed by atoms with Crippen molar-refractivity contribution in [1.82, 2.24) is 4.98 Å². The predicted molar refractivity (Wildman–Crippen MR) is 131 cm³/mol. The maximum absolute atomic E-state index is 11.8. The Morgan fingerprint density at radius 2 is 1.54 bits per heavy atom. The highest BCUT2D eigenvalue weighted by Crippen LogP contribution is 2.35. The van der Waals surface area contributed by atoms with Crippen LogP contribution in [0.25, 0.3) is 10.8 Å². The van der Waals surface area contributed by atoms with E-state index in [9.17, 15) is 29.8 Å². The van der Waals surface area contributed by atoms with Gasteiger partial charge in [-0.05, 0) is 63.3 Å². The number of aromatic nitrogens is 1. The highest BCUT2D eigenvalue weighted by molar-refractivity contribution is 5.98. The van der Waals surface area contributed by atoms with Gasteiger partial charge in [-0.15, -0.1) is 0 Å². The molecule has 12 nitrogen and oxygen atoms in total. The summed E-state index contributed by atoms with van der Waals surface area (Å²) in [5, 5.41) is 31.4. The van der Waals surface area contributed by atoms with Crippen molar-refractivity contribution < 1.29 is 14.6 Å². The van der Waals surface area contributed by atoms with Gasteiger partial charge in [-0.1, -0.05) is 0 Å². The van der Waals surface area contributed by atoms with Crippen LogP contribution in [0.15, 0.2) is 29.1 Å². The van der Waals surface area contributed by atoms with Crippen LogP contribution < -0.4 is 17.0 Å². The summed E-state index contributed by atoms with van der Waals surface area (Å²) in [5.74, 6) is -0.146. The average molecular weight is 480 g/mol. The number of benzene rings is 2. The zero-order valence-corrected chi connectivity index (χ0v) is 19.8. The van der Waals surface area contributed by atoms with Crippen LogP contribution in [0.4, 0.5) is 22.7 Å². The first-order valence-electron chi connectivity index (χ1n) is 10.2. The molecule has 3 rings (SSSR count). The Balaban J connectivity index is 0.000000247. The number of nitrogens with zero attached hydrogens (tertiary/aromatic N) is 3. The lowest BCUT2D eigenvalue weighted by Crippen LogP contribution is -2.28. The number of nitrogens with two attached hydrogens (primary N) is 2. The summed E-state index contributed by atoms with van der Waals surface area (Å²) in [5.41, 5.74) is 11.1. The summed E-state index contributed by atoms with van der Waals surface area (Å²) >= 11 is 0. The minimum atomic E-state index is -0.908. The highest BCUT2D eigenvalue weighted by atomic mass is 16.6. The Morgan fingerprint density at radius 1 is 1.03 bits per heavy atom. The Bertz CT molecular complexity index is 1480. The highest BCUT2D eigenvalue weighted by Gasteiger charge is 2.32. The molecule has 0 saturated carbocycles. The normalized spacial score (nSPS) is 10.7. The Kier molecular flexibility index (Phi) is 7.26. The molecule has 0 aliphatic heterocycles. The number of fused-ring (bicyclic) bond motifs is 1. The molecule has 0 fully saturated rings. The van der Waals surface area contributed by atoms with Crippen LogP contribution >= 0.6 is 0 Å². The van der Waals surface area contributed by atoms with Crippen molar-refractivity contribution in [2.75, 3.05) is 11.5 Å². The minimum Gasteiger partial charge on any atom is -0.392 e. The molecule has 182 valence electrons. The van der Waals surface area contributed by atoms with E-state index < -0.39 is 20.8 Å². The molecular weight excluding hydrogens is 456 g/mol. The number of H-pyrrole nitrogens is 1. The number of pyridine rings is 1.